The molecule has 5 nitrogen and oxygen atoms in total. The van der Waals surface area contributed by atoms with E-state index >= 15 is 0 Å². The number of hydrogen-bond acceptors (Lipinski definition) is 3. The lowest BCUT2D eigenvalue weighted by molar-refractivity contribution is -0.136. The highest BCUT2D eigenvalue weighted by atomic mass is 16.3. The van der Waals surface area contributed by atoms with Gasteiger partial charge in [0.15, 0.2) is 0 Å². The average Bonchev–Trinajstić information content (AvgIpc) is 3.10. The zero-order valence-corrected chi connectivity index (χ0v) is 11.8. The van der Waals surface area contributed by atoms with E-state index in [1.54, 1.807) is 6.20 Å². The molecule has 3 rings (SSSR count). The van der Waals surface area contributed by atoms with Crippen molar-refractivity contribution in [1.82, 2.24) is 15.1 Å². The predicted molar refractivity (Wildman–Crippen MR) is 75.2 cm³/mol. The molecule has 20 heavy (non-hydrogen) atoms. The molecule has 2 aliphatic rings. The van der Waals surface area contributed by atoms with Crippen LogP contribution in [0, 0.1) is 0 Å². The van der Waals surface area contributed by atoms with Gasteiger partial charge in [0, 0.05) is 30.9 Å². The van der Waals surface area contributed by atoms with Gasteiger partial charge in [-0.05, 0) is 25.3 Å². The fourth-order valence-electron chi connectivity index (χ4n) is 3.51. The van der Waals surface area contributed by atoms with Crippen LogP contribution in [0.25, 0.3) is 0 Å². The van der Waals surface area contributed by atoms with E-state index in [9.17, 15) is 9.90 Å². The zero-order valence-electron chi connectivity index (χ0n) is 11.8. The van der Waals surface area contributed by atoms with Crippen LogP contribution in [0.1, 0.15) is 56.6 Å². The summed E-state index contributed by atoms with van der Waals surface area (Å²) < 4.78 is 0. The molecule has 1 saturated heterocycles. The Hall–Kier alpha value is -1.36. The molecule has 0 unspecified atom stereocenters. The molecule has 1 aromatic heterocycles. The van der Waals surface area contributed by atoms with Crippen molar-refractivity contribution in [1.29, 1.82) is 0 Å². The van der Waals surface area contributed by atoms with Crippen LogP contribution in [0.3, 0.4) is 0 Å². The molecule has 2 N–H and O–H groups in total. The third-order valence-corrected chi connectivity index (χ3v) is 4.77. The average molecular weight is 277 g/mol. The number of hydrogen-bond donors (Lipinski definition) is 2. The van der Waals surface area contributed by atoms with Gasteiger partial charge in [-0.2, -0.15) is 5.10 Å². The summed E-state index contributed by atoms with van der Waals surface area (Å²) in [6.07, 6.45) is 7.84. The van der Waals surface area contributed by atoms with Gasteiger partial charge in [0.25, 0.3) is 0 Å². The molecule has 0 bridgehead atoms. The van der Waals surface area contributed by atoms with Gasteiger partial charge >= 0.3 is 0 Å². The first-order valence-corrected chi connectivity index (χ1v) is 7.66. The van der Waals surface area contributed by atoms with E-state index in [2.05, 4.69) is 10.2 Å². The number of H-pyrrole nitrogens is 1. The van der Waals surface area contributed by atoms with Gasteiger partial charge in [-0.25, -0.2) is 0 Å². The van der Waals surface area contributed by atoms with Gasteiger partial charge < -0.3 is 10.0 Å². The minimum atomic E-state index is -0.749. The van der Waals surface area contributed by atoms with Crippen molar-refractivity contribution >= 4 is 5.91 Å². The number of aliphatic hydroxyl groups is 1. The van der Waals surface area contributed by atoms with Crippen molar-refractivity contribution in [2.75, 3.05) is 13.1 Å². The highest BCUT2D eigenvalue weighted by Crippen LogP contribution is 2.33. The van der Waals surface area contributed by atoms with Crippen LogP contribution in [0.15, 0.2) is 12.3 Å². The molecule has 1 aliphatic carbocycles. The van der Waals surface area contributed by atoms with E-state index in [-0.39, 0.29) is 5.91 Å². The number of nitrogens with zero attached hydrogens (tertiary/aromatic N) is 2. The van der Waals surface area contributed by atoms with Crippen LogP contribution in [0.2, 0.25) is 0 Å². The van der Waals surface area contributed by atoms with Gasteiger partial charge in [-0.15, -0.1) is 0 Å². The standard InChI is InChI=1S/C15H23N3O2/c19-14(10-15(20)6-2-1-3-7-15)18-9-5-12(11-18)13-4-8-16-17-13/h4,8,12,20H,1-3,5-7,9-11H2,(H,16,17)/t12-/m1/s1. The normalized spacial score (nSPS) is 25.9. The molecule has 5 heteroatoms. The summed E-state index contributed by atoms with van der Waals surface area (Å²) in [6.45, 7) is 1.54. The summed E-state index contributed by atoms with van der Waals surface area (Å²) in [7, 11) is 0. The second-order valence-corrected chi connectivity index (χ2v) is 6.30. The number of carbonyl (C=O) groups is 1. The number of aromatic amines is 1. The maximum atomic E-state index is 12.4. The molecular weight excluding hydrogens is 254 g/mol. The lowest BCUT2D eigenvalue weighted by Crippen LogP contribution is -2.39. The Morgan fingerprint density at radius 1 is 1.45 bits per heavy atom. The maximum Gasteiger partial charge on any atom is 0.225 e. The topological polar surface area (TPSA) is 69.2 Å². The molecule has 1 amide bonds. The van der Waals surface area contributed by atoms with Crippen molar-refractivity contribution in [3.05, 3.63) is 18.0 Å². The maximum absolute atomic E-state index is 12.4. The summed E-state index contributed by atoms with van der Waals surface area (Å²) in [5, 5.41) is 17.5. The lowest BCUT2D eigenvalue weighted by atomic mass is 9.82. The quantitative estimate of drug-likeness (QED) is 0.885. The smallest absolute Gasteiger partial charge is 0.225 e. The molecule has 2 fully saturated rings. The third-order valence-electron chi connectivity index (χ3n) is 4.77. The van der Waals surface area contributed by atoms with E-state index in [0.717, 1.165) is 50.9 Å². The van der Waals surface area contributed by atoms with Crippen LogP contribution in [0.4, 0.5) is 0 Å². The number of nitrogens with one attached hydrogen (secondary N) is 1. The molecule has 1 aliphatic heterocycles. The number of rotatable bonds is 3. The third kappa shape index (κ3) is 2.87. The Labute approximate surface area is 119 Å². The Balaban J connectivity index is 1.56. The highest BCUT2D eigenvalue weighted by Gasteiger charge is 2.35. The molecule has 0 spiro atoms. The monoisotopic (exact) mass is 277 g/mol. The lowest BCUT2D eigenvalue weighted by Gasteiger charge is -2.32. The van der Waals surface area contributed by atoms with Gasteiger partial charge in [-0.1, -0.05) is 19.3 Å². The predicted octanol–water partition coefficient (Wildman–Crippen LogP) is 1.81. The molecule has 110 valence electrons. The fourth-order valence-corrected chi connectivity index (χ4v) is 3.51. The SMILES string of the molecule is O=C(CC1(O)CCCCC1)N1CC[C@@H](c2ccn[nH]2)C1. The number of amides is 1. The van der Waals surface area contributed by atoms with Crippen LogP contribution < -0.4 is 0 Å². The van der Waals surface area contributed by atoms with Gasteiger partial charge in [-0.3, -0.25) is 9.89 Å². The van der Waals surface area contributed by atoms with Crippen molar-refractivity contribution in [2.24, 2.45) is 0 Å². The minimum Gasteiger partial charge on any atom is -0.389 e. The summed E-state index contributed by atoms with van der Waals surface area (Å²) in [4.78, 5) is 14.3. The molecule has 0 aromatic carbocycles. The van der Waals surface area contributed by atoms with Crippen molar-refractivity contribution in [3.63, 3.8) is 0 Å². The van der Waals surface area contributed by atoms with Gasteiger partial charge in [0.2, 0.25) is 5.91 Å². The van der Waals surface area contributed by atoms with Crippen LogP contribution >= 0.6 is 0 Å². The summed E-state index contributed by atoms with van der Waals surface area (Å²) in [5.74, 6) is 0.471. The summed E-state index contributed by atoms with van der Waals surface area (Å²) in [5.41, 5.74) is 0.359. The van der Waals surface area contributed by atoms with E-state index in [1.807, 2.05) is 11.0 Å². The van der Waals surface area contributed by atoms with E-state index in [1.165, 1.54) is 6.42 Å². The molecule has 1 atom stereocenters. The Morgan fingerprint density at radius 3 is 2.95 bits per heavy atom. The van der Waals surface area contributed by atoms with E-state index < -0.39 is 5.60 Å². The van der Waals surface area contributed by atoms with Crippen LogP contribution in [-0.2, 0) is 4.79 Å². The number of aromatic nitrogens is 2. The highest BCUT2D eigenvalue weighted by molar-refractivity contribution is 5.77. The fraction of sp³-hybridized carbons (Fsp3) is 0.733. The number of carbonyl (C=O) groups excluding carboxylic acids is 1. The van der Waals surface area contributed by atoms with Crippen LogP contribution in [-0.4, -0.2) is 44.8 Å². The second-order valence-electron chi connectivity index (χ2n) is 6.30. The largest absolute Gasteiger partial charge is 0.389 e. The molecular formula is C15H23N3O2. The van der Waals surface area contributed by atoms with Crippen molar-refractivity contribution in [3.8, 4) is 0 Å². The first-order valence-electron chi connectivity index (χ1n) is 7.66. The second kappa shape index (κ2) is 5.56. The van der Waals surface area contributed by atoms with Gasteiger partial charge in [0.1, 0.15) is 0 Å². The first kappa shape index (κ1) is 13.6. The van der Waals surface area contributed by atoms with E-state index in [4.69, 9.17) is 0 Å². The zero-order chi connectivity index (χ0) is 14.0. The molecule has 1 aromatic rings. The van der Waals surface area contributed by atoms with Crippen LogP contribution in [0.5, 0.6) is 0 Å². The van der Waals surface area contributed by atoms with Gasteiger partial charge in [0.05, 0.1) is 12.0 Å². The Morgan fingerprint density at radius 2 is 2.25 bits per heavy atom. The first-order chi connectivity index (χ1) is 9.66. The minimum absolute atomic E-state index is 0.108. The van der Waals surface area contributed by atoms with E-state index in [0.29, 0.717) is 12.3 Å². The summed E-state index contributed by atoms with van der Waals surface area (Å²) in [6, 6.07) is 1.98. The molecule has 1 saturated carbocycles. The Bertz CT molecular complexity index is 452. The number of likely N-dealkylation sites (tertiary alicyclic amines) is 1. The molecule has 2 heterocycles. The molecule has 0 radical (unpaired) electrons. The Kier molecular flexibility index (Phi) is 3.78. The van der Waals surface area contributed by atoms with Crippen molar-refractivity contribution in [2.45, 2.75) is 56.5 Å². The van der Waals surface area contributed by atoms with Crippen molar-refractivity contribution < 1.29 is 9.90 Å². The summed E-state index contributed by atoms with van der Waals surface area (Å²) >= 11 is 0.